The van der Waals surface area contributed by atoms with Gasteiger partial charge >= 0.3 is 0 Å². The van der Waals surface area contributed by atoms with Gasteiger partial charge in [0.25, 0.3) is 0 Å². The molecule has 1 aromatic heterocycles. The van der Waals surface area contributed by atoms with Gasteiger partial charge in [0.1, 0.15) is 12.7 Å². The fraction of sp³-hybridized carbons (Fsp3) is 0.850. The molecule has 4 aliphatic rings. The Balaban J connectivity index is 1.25. The summed E-state index contributed by atoms with van der Waals surface area (Å²) in [5.41, 5.74) is 0.980. The Morgan fingerprint density at radius 3 is 2.62 bits per heavy atom. The van der Waals surface area contributed by atoms with E-state index in [-0.39, 0.29) is 17.4 Å². The molecule has 0 aromatic carbocycles. The maximum atomic E-state index is 12.3. The van der Waals surface area contributed by atoms with Crippen LogP contribution in [0.2, 0.25) is 0 Å². The molecule has 4 aliphatic carbocycles. The number of nitrogens with one attached hydrogen (secondary N) is 1. The lowest BCUT2D eigenvalue weighted by Gasteiger charge is -2.65. The average molecular weight is 361 g/mol. The van der Waals surface area contributed by atoms with Crippen LogP contribution in [0.15, 0.2) is 12.7 Å². The van der Waals surface area contributed by atoms with E-state index in [9.17, 15) is 4.79 Å². The number of nitrogens with zero attached hydrogens (tertiary/aromatic N) is 3. The first-order valence-corrected chi connectivity index (χ1v) is 10.0. The number of carbonyl (C=O) groups excluding carboxylic acids is 1. The smallest absolute Gasteiger partial charge is 0.224 e. The van der Waals surface area contributed by atoms with Crippen LogP contribution in [0.5, 0.6) is 0 Å². The van der Waals surface area contributed by atoms with Crippen LogP contribution in [0.3, 0.4) is 0 Å². The van der Waals surface area contributed by atoms with Gasteiger partial charge in [-0.15, -0.1) is 0 Å². The van der Waals surface area contributed by atoms with Crippen molar-refractivity contribution in [1.29, 1.82) is 0 Å². The summed E-state index contributed by atoms with van der Waals surface area (Å²) >= 11 is 0. The first-order chi connectivity index (χ1) is 12.3. The second-order valence-corrected chi connectivity index (χ2v) is 9.97. The molecule has 0 radical (unpaired) electrons. The number of carbonyl (C=O) groups is 1. The molecule has 1 amide bonds. The number of aromatic nitrogens is 3. The maximum absolute atomic E-state index is 12.3. The van der Waals surface area contributed by atoms with Gasteiger partial charge in [-0.3, -0.25) is 9.48 Å². The van der Waals surface area contributed by atoms with Gasteiger partial charge in [-0.1, -0.05) is 20.8 Å². The minimum absolute atomic E-state index is 0.0496. The van der Waals surface area contributed by atoms with Gasteiger partial charge in [-0.2, -0.15) is 5.10 Å². The van der Waals surface area contributed by atoms with Gasteiger partial charge in [0.15, 0.2) is 0 Å². The SMILES string of the molecule is CC(Cn1cncn1)C(=O)NCCOC12CC3CC(C)(CC(C)(C3)C1)C2. The average Bonchev–Trinajstić information content (AvgIpc) is 3.00. The van der Waals surface area contributed by atoms with Gasteiger partial charge in [0.2, 0.25) is 5.91 Å². The summed E-state index contributed by atoms with van der Waals surface area (Å²) in [6.07, 6.45) is 10.9. The van der Waals surface area contributed by atoms with Crippen molar-refractivity contribution in [2.45, 2.75) is 71.4 Å². The van der Waals surface area contributed by atoms with E-state index >= 15 is 0 Å². The van der Waals surface area contributed by atoms with Crippen LogP contribution in [-0.2, 0) is 16.1 Å². The summed E-state index contributed by atoms with van der Waals surface area (Å²) < 4.78 is 8.16. The maximum Gasteiger partial charge on any atom is 0.224 e. The Labute approximate surface area is 156 Å². The predicted octanol–water partition coefficient (Wildman–Crippen LogP) is 2.80. The minimum atomic E-state index is -0.130. The monoisotopic (exact) mass is 360 g/mol. The second kappa shape index (κ2) is 6.32. The zero-order chi connectivity index (χ0) is 18.4. The van der Waals surface area contributed by atoms with Crippen molar-refractivity contribution in [3.05, 3.63) is 12.7 Å². The zero-order valence-electron chi connectivity index (χ0n) is 16.3. The summed E-state index contributed by atoms with van der Waals surface area (Å²) in [6, 6.07) is 0. The van der Waals surface area contributed by atoms with Crippen molar-refractivity contribution in [2.24, 2.45) is 22.7 Å². The molecule has 3 unspecified atom stereocenters. The quantitative estimate of drug-likeness (QED) is 0.759. The molecule has 4 saturated carbocycles. The molecule has 6 nitrogen and oxygen atoms in total. The number of amides is 1. The van der Waals surface area contributed by atoms with Crippen molar-refractivity contribution in [2.75, 3.05) is 13.2 Å². The highest BCUT2D eigenvalue weighted by atomic mass is 16.5. The second-order valence-electron chi connectivity index (χ2n) is 9.97. The van der Waals surface area contributed by atoms with Crippen LogP contribution in [0.1, 0.15) is 59.3 Å². The lowest BCUT2D eigenvalue weighted by molar-refractivity contribution is -0.213. The highest BCUT2D eigenvalue weighted by Crippen LogP contribution is 2.67. The van der Waals surface area contributed by atoms with Gasteiger partial charge in [-0.05, 0) is 55.3 Å². The Hall–Kier alpha value is -1.43. The molecule has 1 heterocycles. The molecule has 1 aromatic rings. The molecule has 1 N–H and O–H groups in total. The van der Waals surface area contributed by atoms with Crippen molar-refractivity contribution in [3.63, 3.8) is 0 Å². The fourth-order valence-electron chi connectivity index (χ4n) is 6.81. The van der Waals surface area contributed by atoms with E-state index in [4.69, 9.17) is 4.74 Å². The molecule has 0 aliphatic heterocycles. The van der Waals surface area contributed by atoms with Gasteiger partial charge < -0.3 is 10.1 Å². The summed E-state index contributed by atoms with van der Waals surface area (Å²) in [6.45, 7) is 8.58. The molecule has 0 spiro atoms. The van der Waals surface area contributed by atoms with E-state index in [0.717, 1.165) is 5.92 Å². The van der Waals surface area contributed by atoms with Crippen LogP contribution >= 0.6 is 0 Å². The standard InChI is InChI=1S/C20H32N4O2/c1-15(9-24-14-21-13-23-24)17(25)22-4-5-26-20-8-16-6-18(2,11-20)10-19(3,7-16)12-20/h13-16H,4-12H2,1-3H3,(H,22,25). The summed E-state index contributed by atoms with van der Waals surface area (Å²) in [5, 5.41) is 7.08. The largest absolute Gasteiger partial charge is 0.373 e. The van der Waals surface area contributed by atoms with E-state index in [0.29, 0.717) is 30.5 Å². The number of hydrogen-bond acceptors (Lipinski definition) is 4. The normalized spacial score (nSPS) is 39.1. The van der Waals surface area contributed by atoms with Gasteiger partial charge in [0.05, 0.1) is 24.7 Å². The van der Waals surface area contributed by atoms with E-state index in [1.54, 1.807) is 11.0 Å². The zero-order valence-corrected chi connectivity index (χ0v) is 16.3. The molecule has 4 bridgehead atoms. The summed E-state index contributed by atoms with van der Waals surface area (Å²) in [5.74, 6) is 0.751. The molecule has 26 heavy (non-hydrogen) atoms. The van der Waals surface area contributed by atoms with Crippen LogP contribution in [0.4, 0.5) is 0 Å². The third-order valence-corrected chi connectivity index (χ3v) is 6.76. The van der Waals surface area contributed by atoms with Crippen molar-refractivity contribution in [1.82, 2.24) is 20.1 Å². The van der Waals surface area contributed by atoms with E-state index < -0.39 is 0 Å². The van der Waals surface area contributed by atoms with Crippen molar-refractivity contribution >= 4 is 5.91 Å². The lowest BCUT2D eigenvalue weighted by Crippen LogP contribution is -2.59. The Kier molecular flexibility index (Phi) is 4.37. The molecule has 3 atom stereocenters. The number of hydrogen-bond donors (Lipinski definition) is 1. The van der Waals surface area contributed by atoms with Crippen LogP contribution < -0.4 is 5.32 Å². The van der Waals surface area contributed by atoms with E-state index in [2.05, 4.69) is 29.2 Å². The van der Waals surface area contributed by atoms with E-state index in [1.165, 1.54) is 44.9 Å². The molecular formula is C20H32N4O2. The lowest BCUT2D eigenvalue weighted by atomic mass is 9.43. The summed E-state index contributed by atoms with van der Waals surface area (Å²) in [7, 11) is 0. The predicted molar refractivity (Wildman–Crippen MR) is 98.3 cm³/mol. The fourth-order valence-corrected chi connectivity index (χ4v) is 6.81. The van der Waals surface area contributed by atoms with E-state index in [1.807, 2.05) is 6.92 Å². The highest BCUT2D eigenvalue weighted by Gasteiger charge is 2.60. The third kappa shape index (κ3) is 3.53. The molecule has 6 heteroatoms. The minimum Gasteiger partial charge on any atom is -0.373 e. The Morgan fingerprint density at radius 2 is 2.00 bits per heavy atom. The molecule has 144 valence electrons. The molecule has 5 rings (SSSR count). The Morgan fingerprint density at radius 1 is 1.27 bits per heavy atom. The van der Waals surface area contributed by atoms with Crippen molar-refractivity contribution in [3.8, 4) is 0 Å². The number of rotatable bonds is 7. The molecule has 0 saturated heterocycles. The highest BCUT2D eigenvalue weighted by molar-refractivity contribution is 5.78. The molecule has 4 fully saturated rings. The topological polar surface area (TPSA) is 69.0 Å². The summed E-state index contributed by atoms with van der Waals surface area (Å²) in [4.78, 5) is 16.2. The van der Waals surface area contributed by atoms with Crippen LogP contribution in [-0.4, -0.2) is 39.4 Å². The van der Waals surface area contributed by atoms with Gasteiger partial charge in [0, 0.05) is 6.54 Å². The number of ether oxygens (including phenoxy) is 1. The Bertz CT molecular complexity index is 641. The van der Waals surface area contributed by atoms with Gasteiger partial charge in [-0.25, -0.2) is 4.98 Å². The van der Waals surface area contributed by atoms with Crippen LogP contribution in [0, 0.1) is 22.7 Å². The van der Waals surface area contributed by atoms with Crippen molar-refractivity contribution < 1.29 is 9.53 Å². The first kappa shape index (κ1) is 18.0. The molecular weight excluding hydrogens is 328 g/mol. The van der Waals surface area contributed by atoms with Crippen LogP contribution in [0.25, 0.3) is 0 Å². The first-order valence-electron chi connectivity index (χ1n) is 10.0. The third-order valence-electron chi connectivity index (χ3n) is 6.76.